The number of anilines is 1. The molecule has 1 saturated heterocycles. The average molecular weight is 467 g/mol. The number of carbonyl (C=O) groups excluding carboxylic acids is 1. The highest BCUT2D eigenvalue weighted by Gasteiger charge is 2.26. The van der Waals surface area contributed by atoms with Gasteiger partial charge in [0, 0.05) is 25.6 Å². The van der Waals surface area contributed by atoms with Crippen molar-refractivity contribution >= 4 is 21.7 Å². The number of amides is 1. The molecule has 174 valence electrons. The van der Waals surface area contributed by atoms with Crippen LogP contribution >= 0.6 is 0 Å². The van der Waals surface area contributed by atoms with E-state index in [0.717, 1.165) is 40.9 Å². The molecule has 8 heteroatoms. The number of nitrogens with zero attached hydrogens (tertiary/aromatic N) is 3. The highest BCUT2D eigenvalue weighted by atomic mass is 32.2. The first-order valence-electron chi connectivity index (χ1n) is 11.3. The van der Waals surface area contributed by atoms with Gasteiger partial charge >= 0.3 is 0 Å². The predicted octanol–water partition coefficient (Wildman–Crippen LogP) is 4.15. The molecule has 1 aliphatic heterocycles. The maximum atomic E-state index is 12.7. The molecule has 0 radical (unpaired) electrons. The number of hydrogen-bond acceptors (Lipinski definition) is 4. The van der Waals surface area contributed by atoms with E-state index >= 15 is 0 Å². The van der Waals surface area contributed by atoms with Crippen LogP contribution < -0.4 is 5.32 Å². The molecule has 2 heterocycles. The van der Waals surface area contributed by atoms with Gasteiger partial charge in [-0.25, -0.2) is 13.1 Å². The van der Waals surface area contributed by atoms with Crippen LogP contribution in [0.3, 0.4) is 0 Å². The van der Waals surface area contributed by atoms with Gasteiger partial charge in [0.05, 0.1) is 16.3 Å². The van der Waals surface area contributed by atoms with Gasteiger partial charge in [0.25, 0.3) is 0 Å². The molecule has 3 aromatic rings. The van der Waals surface area contributed by atoms with E-state index in [1.165, 1.54) is 4.31 Å². The first-order valence-corrected chi connectivity index (χ1v) is 12.7. The first kappa shape index (κ1) is 23.2. The molecule has 0 bridgehead atoms. The fraction of sp³-hybridized carbons (Fsp3) is 0.360. The lowest BCUT2D eigenvalue weighted by Crippen LogP contribution is -2.27. The molecule has 0 unspecified atom stereocenters. The Bertz CT molecular complexity index is 1240. The summed E-state index contributed by atoms with van der Waals surface area (Å²) in [5.74, 6) is 0.517. The second-order valence-corrected chi connectivity index (χ2v) is 10.7. The summed E-state index contributed by atoms with van der Waals surface area (Å²) in [6.45, 7) is 7.14. The summed E-state index contributed by atoms with van der Waals surface area (Å²) in [6.07, 6.45) is 2.63. The summed E-state index contributed by atoms with van der Waals surface area (Å²) in [6, 6.07) is 14.9. The highest BCUT2D eigenvalue weighted by Crippen LogP contribution is 2.22. The Kier molecular flexibility index (Phi) is 6.67. The molecule has 7 nitrogen and oxygen atoms in total. The fourth-order valence-electron chi connectivity index (χ4n) is 4.23. The maximum Gasteiger partial charge on any atom is 0.243 e. The van der Waals surface area contributed by atoms with E-state index in [2.05, 4.69) is 16.5 Å². The van der Waals surface area contributed by atoms with Gasteiger partial charge in [-0.15, -0.1) is 0 Å². The van der Waals surface area contributed by atoms with Gasteiger partial charge in [0.15, 0.2) is 0 Å². The van der Waals surface area contributed by atoms with E-state index in [-0.39, 0.29) is 12.3 Å². The predicted molar refractivity (Wildman–Crippen MR) is 129 cm³/mol. The van der Waals surface area contributed by atoms with E-state index in [1.54, 1.807) is 28.9 Å². The zero-order valence-corrected chi connectivity index (χ0v) is 20.2. The smallest absolute Gasteiger partial charge is 0.243 e. The van der Waals surface area contributed by atoms with E-state index in [4.69, 9.17) is 0 Å². The summed E-state index contributed by atoms with van der Waals surface area (Å²) in [4.78, 5) is 13.0. The van der Waals surface area contributed by atoms with Crippen LogP contribution in [0.4, 0.5) is 5.82 Å². The third-order valence-corrected chi connectivity index (χ3v) is 7.73. The number of hydrogen-bond donors (Lipinski definition) is 1. The van der Waals surface area contributed by atoms with Crippen LogP contribution in [0.2, 0.25) is 0 Å². The van der Waals surface area contributed by atoms with Crippen LogP contribution in [-0.4, -0.2) is 41.5 Å². The molecular weight excluding hydrogens is 436 g/mol. The lowest BCUT2D eigenvalue weighted by molar-refractivity contribution is -0.116. The SMILES string of the molecule is Cc1cc(C)cc(-n2nc(C)cc2NC(=O)CCc2ccc(S(=O)(=O)N3CCCC3)cc2)c1. The van der Waals surface area contributed by atoms with Crippen molar-refractivity contribution in [2.24, 2.45) is 0 Å². The minimum absolute atomic E-state index is 0.116. The second kappa shape index (κ2) is 9.49. The molecule has 1 N–H and O–H groups in total. The Balaban J connectivity index is 1.40. The standard InChI is InChI=1S/C25H30N4O3S/c1-18-14-19(2)16-22(15-18)29-24(17-20(3)27-29)26-25(30)11-8-21-6-9-23(10-7-21)33(31,32)28-12-4-5-13-28/h6-7,9-10,14-17H,4-5,8,11-13H2,1-3H3,(H,26,30). The molecule has 0 saturated carbocycles. The van der Waals surface area contributed by atoms with Gasteiger partial charge in [0.2, 0.25) is 15.9 Å². The average Bonchev–Trinajstić information content (AvgIpc) is 3.42. The van der Waals surface area contributed by atoms with Crippen LogP contribution in [0.1, 0.15) is 41.6 Å². The monoisotopic (exact) mass is 466 g/mol. The Labute approximate surface area is 195 Å². The van der Waals surface area contributed by atoms with Crippen molar-refractivity contribution in [2.75, 3.05) is 18.4 Å². The molecular formula is C25H30N4O3S. The van der Waals surface area contributed by atoms with Crippen molar-refractivity contribution in [3.8, 4) is 5.69 Å². The lowest BCUT2D eigenvalue weighted by atomic mass is 10.1. The molecule has 33 heavy (non-hydrogen) atoms. The summed E-state index contributed by atoms with van der Waals surface area (Å²) in [5.41, 5.74) is 4.91. The lowest BCUT2D eigenvalue weighted by Gasteiger charge is -2.15. The number of nitrogens with one attached hydrogen (secondary N) is 1. The Morgan fingerprint density at radius 1 is 0.970 bits per heavy atom. The third-order valence-electron chi connectivity index (χ3n) is 5.82. The maximum absolute atomic E-state index is 12.7. The minimum atomic E-state index is -3.42. The van der Waals surface area contributed by atoms with Crippen LogP contribution in [0.5, 0.6) is 0 Å². The molecule has 2 aromatic carbocycles. The van der Waals surface area contributed by atoms with Gasteiger partial charge in [-0.3, -0.25) is 4.79 Å². The van der Waals surface area contributed by atoms with E-state index < -0.39 is 10.0 Å². The van der Waals surface area contributed by atoms with Crippen molar-refractivity contribution in [3.05, 3.63) is 70.9 Å². The van der Waals surface area contributed by atoms with Crippen molar-refractivity contribution in [1.82, 2.24) is 14.1 Å². The summed E-state index contributed by atoms with van der Waals surface area (Å²) >= 11 is 0. The zero-order chi connectivity index (χ0) is 23.6. The summed E-state index contributed by atoms with van der Waals surface area (Å²) in [7, 11) is -3.42. The second-order valence-electron chi connectivity index (χ2n) is 8.73. The van der Waals surface area contributed by atoms with Crippen LogP contribution in [0.15, 0.2) is 53.4 Å². The Morgan fingerprint density at radius 2 is 1.61 bits per heavy atom. The normalized spacial score (nSPS) is 14.5. The van der Waals surface area contributed by atoms with E-state index in [1.807, 2.05) is 39.0 Å². The van der Waals surface area contributed by atoms with Gasteiger partial charge in [-0.1, -0.05) is 18.2 Å². The number of rotatable bonds is 7. The Hall–Kier alpha value is -2.97. The molecule has 4 rings (SSSR count). The number of benzene rings is 2. The van der Waals surface area contributed by atoms with Gasteiger partial charge in [0.1, 0.15) is 5.82 Å². The third kappa shape index (κ3) is 5.34. The van der Waals surface area contributed by atoms with Crippen molar-refractivity contribution in [1.29, 1.82) is 0 Å². The van der Waals surface area contributed by atoms with E-state index in [9.17, 15) is 13.2 Å². The molecule has 1 aromatic heterocycles. The molecule has 1 fully saturated rings. The van der Waals surface area contributed by atoms with Gasteiger partial charge < -0.3 is 5.32 Å². The first-order chi connectivity index (χ1) is 15.7. The Morgan fingerprint density at radius 3 is 2.24 bits per heavy atom. The van der Waals surface area contributed by atoms with Gasteiger partial charge in [-0.2, -0.15) is 9.40 Å². The number of aryl methyl sites for hydroxylation is 4. The van der Waals surface area contributed by atoms with Crippen molar-refractivity contribution in [3.63, 3.8) is 0 Å². The van der Waals surface area contributed by atoms with E-state index in [0.29, 0.717) is 30.2 Å². The number of carbonyl (C=O) groups is 1. The molecule has 0 aliphatic carbocycles. The number of aromatic nitrogens is 2. The number of sulfonamides is 1. The minimum Gasteiger partial charge on any atom is -0.311 e. The molecule has 1 amide bonds. The van der Waals surface area contributed by atoms with Crippen molar-refractivity contribution in [2.45, 2.75) is 51.3 Å². The summed E-state index contributed by atoms with van der Waals surface area (Å²) in [5, 5.41) is 7.51. The van der Waals surface area contributed by atoms with Crippen molar-refractivity contribution < 1.29 is 13.2 Å². The topological polar surface area (TPSA) is 84.3 Å². The largest absolute Gasteiger partial charge is 0.311 e. The quantitative estimate of drug-likeness (QED) is 0.567. The van der Waals surface area contributed by atoms with Crippen LogP contribution in [-0.2, 0) is 21.2 Å². The highest BCUT2D eigenvalue weighted by molar-refractivity contribution is 7.89. The summed E-state index contributed by atoms with van der Waals surface area (Å²) < 4.78 is 28.6. The van der Waals surface area contributed by atoms with Crippen LogP contribution in [0, 0.1) is 20.8 Å². The molecule has 0 atom stereocenters. The zero-order valence-electron chi connectivity index (χ0n) is 19.3. The molecule has 0 spiro atoms. The molecule has 1 aliphatic rings. The van der Waals surface area contributed by atoms with Gasteiger partial charge in [-0.05, 0) is 81.0 Å². The fourth-order valence-corrected chi connectivity index (χ4v) is 5.74. The van der Waals surface area contributed by atoms with Crippen LogP contribution in [0.25, 0.3) is 5.69 Å².